The van der Waals surface area contributed by atoms with E-state index in [0.29, 0.717) is 12.2 Å². The quantitative estimate of drug-likeness (QED) is 0.721. The summed E-state index contributed by atoms with van der Waals surface area (Å²) in [6.07, 6.45) is 0.159. The summed E-state index contributed by atoms with van der Waals surface area (Å²) in [5.74, 6) is 1.52. The van der Waals surface area contributed by atoms with E-state index in [2.05, 4.69) is 12.1 Å². The highest BCUT2D eigenvalue weighted by Gasteiger charge is 2.12. The molecule has 2 heteroatoms. The van der Waals surface area contributed by atoms with E-state index in [1.54, 1.807) is 0 Å². The largest absolute Gasteiger partial charge is 0.456 e. The maximum atomic E-state index is 10.1. The average molecular weight is 278 g/mol. The van der Waals surface area contributed by atoms with Crippen LogP contribution in [0.15, 0.2) is 66.7 Å². The zero-order valence-electron chi connectivity index (χ0n) is 12.0. The maximum Gasteiger partial charge on any atom is 0.135 e. The van der Waals surface area contributed by atoms with Gasteiger partial charge in [0.25, 0.3) is 0 Å². The van der Waals surface area contributed by atoms with E-state index in [1.165, 1.54) is 0 Å². The molecule has 0 fully saturated rings. The Bertz CT molecular complexity index is 744. The van der Waals surface area contributed by atoms with E-state index in [-0.39, 0.29) is 0 Å². The van der Waals surface area contributed by atoms with Gasteiger partial charge in [0.05, 0.1) is 6.10 Å². The second-order valence-electron chi connectivity index (χ2n) is 5.04. The lowest BCUT2D eigenvalue weighted by Crippen LogP contribution is -1.98. The van der Waals surface area contributed by atoms with Crippen LogP contribution in [0, 0.1) is 0 Å². The van der Waals surface area contributed by atoms with Crippen LogP contribution in [-0.4, -0.2) is 5.11 Å². The van der Waals surface area contributed by atoms with Gasteiger partial charge in [0.2, 0.25) is 0 Å². The Morgan fingerprint density at radius 1 is 0.857 bits per heavy atom. The number of ether oxygens (including phenoxy) is 1. The van der Waals surface area contributed by atoms with Crippen molar-refractivity contribution in [3.05, 3.63) is 72.3 Å². The van der Waals surface area contributed by atoms with E-state index >= 15 is 0 Å². The van der Waals surface area contributed by atoms with E-state index < -0.39 is 6.10 Å². The molecule has 106 valence electrons. The van der Waals surface area contributed by atoms with E-state index in [1.807, 2.05) is 61.5 Å². The third-order valence-corrected chi connectivity index (χ3v) is 3.63. The molecule has 1 N–H and O–H groups in total. The minimum absolute atomic E-state index is 0.504. The zero-order valence-corrected chi connectivity index (χ0v) is 12.0. The fourth-order valence-electron chi connectivity index (χ4n) is 2.47. The standard InChI is InChI=1S/C19H18O2/c1-2-17(20)16-11-5-6-12-19(16)21-18-13-7-9-14-8-3-4-10-15(14)18/h3-13,17,20H,2H2,1H3. The second-order valence-corrected chi connectivity index (χ2v) is 5.04. The molecule has 0 saturated heterocycles. The van der Waals surface area contributed by atoms with Crippen LogP contribution in [0.1, 0.15) is 25.0 Å². The van der Waals surface area contributed by atoms with Gasteiger partial charge in [0.15, 0.2) is 0 Å². The van der Waals surface area contributed by atoms with Crippen LogP contribution in [-0.2, 0) is 0 Å². The summed E-state index contributed by atoms with van der Waals surface area (Å²) in [7, 11) is 0. The molecule has 2 nitrogen and oxygen atoms in total. The molecule has 0 saturated carbocycles. The van der Waals surface area contributed by atoms with Gasteiger partial charge >= 0.3 is 0 Å². The third kappa shape index (κ3) is 2.76. The first-order valence-electron chi connectivity index (χ1n) is 7.22. The smallest absolute Gasteiger partial charge is 0.135 e. The lowest BCUT2D eigenvalue weighted by atomic mass is 10.1. The summed E-state index contributed by atoms with van der Waals surface area (Å²) in [6.45, 7) is 1.96. The third-order valence-electron chi connectivity index (χ3n) is 3.63. The van der Waals surface area contributed by atoms with Crippen molar-refractivity contribution in [1.82, 2.24) is 0 Å². The Morgan fingerprint density at radius 3 is 2.38 bits per heavy atom. The topological polar surface area (TPSA) is 29.5 Å². The number of para-hydroxylation sites is 1. The fourth-order valence-corrected chi connectivity index (χ4v) is 2.47. The van der Waals surface area contributed by atoms with Crippen LogP contribution in [0.4, 0.5) is 0 Å². The van der Waals surface area contributed by atoms with Crippen LogP contribution < -0.4 is 4.74 Å². The summed E-state index contributed by atoms with van der Waals surface area (Å²) in [6, 6.07) is 21.8. The van der Waals surface area contributed by atoms with Gasteiger partial charge in [-0.25, -0.2) is 0 Å². The van der Waals surface area contributed by atoms with Gasteiger partial charge in [-0.3, -0.25) is 0 Å². The van der Waals surface area contributed by atoms with Crippen molar-refractivity contribution < 1.29 is 9.84 Å². The predicted molar refractivity (Wildman–Crippen MR) is 85.7 cm³/mol. The molecule has 0 aliphatic carbocycles. The number of hydrogen-bond donors (Lipinski definition) is 1. The van der Waals surface area contributed by atoms with E-state index in [9.17, 15) is 5.11 Å². The molecule has 0 heterocycles. The van der Waals surface area contributed by atoms with Crippen LogP contribution in [0.25, 0.3) is 10.8 Å². The first-order valence-corrected chi connectivity index (χ1v) is 7.22. The lowest BCUT2D eigenvalue weighted by Gasteiger charge is -2.15. The molecule has 0 aromatic heterocycles. The molecular weight excluding hydrogens is 260 g/mol. The fraction of sp³-hybridized carbons (Fsp3) is 0.158. The summed E-state index contributed by atoms with van der Waals surface area (Å²) in [4.78, 5) is 0. The van der Waals surface area contributed by atoms with Gasteiger partial charge in [-0.15, -0.1) is 0 Å². The highest BCUT2D eigenvalue weighted by atomic mass is 16.5. The summed E-state index contributed by atoms with van der Waals surface area (Å²) >= 11 is 0. The summed E-state index contributed by atoms with van der Waals surface area (Å²) < 4.78 is 6.09. The minimum Gasteiger partial charge on any atom is -0.456 e. The molecular formula is C19H18O2. The number of rotatable bonds is 4. The minimum atomic E-state index is -0.504. The highest BCUT2D eigenvalue weighted by Crippen LogP contribution is 2.34. The van der Waals surface area contributed by atoms with Gasteiger partial charge < -0.3 is 9.84 Å². The number of fused-ring (bicyclic) bond motifs is 1. The molecule has 21 heavy (non-hydrogen) atoms. The molecule has 3 aromatic carbocycles. The van der Waals surface area contributed by atoms with Gasteiger partial charge in [-0.05, 0) is 23.9 Å². The average Bonchev–Trinajstić information content (AvgIpc) is 2.55. The Morgan fingerprint density at radius 2 is 1.52 bits per heavy atom. The van der Waals surface area contributed by atoms with Crippen molar-refractivity contribution in [3.8, 4) is 11.5 Å². The molecule has 1 unspecified atom stereocenters. The SMILES string of the molecule is CCC(O)c1ccccc1Oc1cccc2ccccc12. The monoisotopic (exact) mass is 278 g/mol. The Kier molecular flexibility index (Phi) is 3.89. The molecule has 3 aromatic rings. The van der Waals surface area contributed by atoms with E-state index in [0.717, 1.165) is 22.1 Å². The molecule has 1 atom stereocenters. The molecule has 0 aliphatic heterocycles. The number of hydrogen-bond acceptors (Lipinski definition) is 2. The summed E-state index contributed by atoms with van der Waals surface area (Å²) in [5, 5.41) is 12.3. The van der Waals surface area contributed by atoms with Crippen molar-refractivity contribution in [2.45, 2.75) is 19.4 Å². The Balaban J connectivity index is 2.03. The molecule has 0 bridgehead atoms. The van der Waals surface area contributed by atoms with E-state index in [4.69, 9.17) is 4.74 Å². The molecule has 0 spiro atoms. The Labute approximate surface area is 124 Å². The van der Waals surface area contributed by atoms with Gasteiger partial charge in [-0.2, -0.15) is 0 Å². The first kappa shape index (κ1) is 13.7. The first-order chi connectivity index (χ1) is 10.3. The number of benzene rings is 3. The van der Waals surface area contributed by atoms with Crippen LogP contribution in [0.5, 0.6) is 11.5 Å². The predicted octanol–water partition coefficient (Wildman–Crippen LogP) is 5.08. The van der Waals surface area contributed by atoms with Crippen molar-refractivity contribution >= 4 is 10.8 Å². The number of aliphatic hydroxyl groups excluding tert-OH is 1. The van der Waals surface area contributed by atoms with Gasteiger partial charge in [-0.1, -0.05) is 61.5 Å². The summed E-state index contributed by atoms with van der Waals surface area (Å²) in [5.41, 5.74) is 0.827. The van der Waals surface area contributed by atoms with Gasteiger partial charge in [0.1, 0.15) is 11.5 Å². The lowest BCUT2D eigenvalue weighted by molar-refractivity contribution is 0.170. The van der Waals surface area contributed by atoms with Crippen LogP contribution >= 0.6 is 0 Å². The Hall–Kier alpha value is -2.32. The second kappa shape index (κ2) is 5.98. The van der Waals surface area contributed by atoms with Crippen molar-refractivity contribution in [2.24, 2.45) is 0 Å². The van der Waals surface area contributed by atoms with Crippen LogP contribution in [0.2, 0.25) is 0 Å². The molecule has 0 amide bonds. The van der Waals surface area contributed by atoms with Gasteiger partial charge in [0, 0.05) is 10.9 Å². The molecule has 3 rings (SSSR count). The molecule has 0 aliphatic rings. The highest BCUT2D eigenvalue weighted by molar-refractivity contribution is 5.88. The van der Waals surface area contributed by atoms with Crippen molar-refractivity contribution in [2.75, 3.05) is 0 Å². The number of aliphatic hydroxyl groups is 1. The zero-order chi connectivity index (χ0) is 14.7. The molecule has 0 radical (unpaired) electrons. The maximum absolute atomic E-state index is 10.1. The van der Waals surface area contributed by atoms with Crippen LogP contribution in [0.3, 0.4) is 0 Å². The van der Waals surface area contributed by atoms with Crippen molar-refractivity contribution in [3.63, 3.8) is 0 Å². The van der Waals surface area contributed by atoms with Crippen molar-refractivity contribution in [1.29, 1.82) is 0 Å². The normalized spacial score (nSPS) is 12.3.